The monoisotopic (exact) mass is 303 g/mol. The molecule has 1 aromatic heterocycles. The third-order valence-corrected chi connectivity index (χ3v) is 4.50. The molecule has 5 heteroatoms. The fourth-order valence-electron chi connectivity index (χ4n) is 3.07. The van der Waals surface area contributed by atoms with Crippen molar-refractivity contribution in [2.45, 2.75) is 32.7 Å². The summed E-state index contributed by atoms with van der Waals surface area (Å²) in [7, 11) is 0. The Bertz CT molecular complexity index is 726. The van der Waals surface area contributed by atoms with Gasteiger partial charge in [-0.3, -0.25) is 4.79 Å². The Balaban J connectivity index is 2.05. The standard InChI is InChI=1S/C16H18ClN3O/c1-10-5-6-11(2)12(8-10)13-4-3-7-20(13)14-9-18-19-16(21)15(14)17/h5-6,8-9,13H,3-4,7H2,1-2H3,(H,19,21)/t13-/m1/s1. The number of nitrogens with one attached hydrogen (secondary N) is 1. The molecule has 3 rings (SSSR count). The first-order chi connectivity index (χ1) is 10.1. The predicted octanol–water partition coefficient (Wildman–Crippen LogP) is 3.38. The fourth-order valence-corrected chi connectivity index (χ4v) is 3.27. The summed E-state index contributed by atoms with van der Waals surface area (Å²) in [4.78, 5) is 13.9. The van der Waals surface area contributed by atoms with E-state index in [9.17, 15) is 4.79 Å². The van der Waals surface area contributed by atoms with Crippen LogP contribution in [0, 0.1) is 13.8 Å². The molecule has 0 radical (unpaired) electrons. The molecule has 1 saturated heterocycles. The van der Waals surface area contributed by atoms with Crippen molar-refractivity contribution in [1.82, 2.24) is 10.2 Å². The van der Waals surface area contributed by atoms with Crippen LogP contribution in [0.4, 0.5) is 5.69 Å². The van der Waals surface area contributed by atoms with Gasteiger partial charge >= 0.3 is 0 Å². The molecule has 110 valence electrons. The largest absolute Gasteiger partial charge is 0.362 e. The molecule has 1 N–H and O–H groups in total. The minimum atomic E-state index is -0.333. The number of benzene rings is 1. The van der Waals surface area contributed by atoms with Gasteiger partial charge < -0.3 is 4.90 Å². The average Bonchev–Trinajstić information content (AvgIpc) is 2.93. The minimum absolute atomic E-state index is 0.224. The summed E-state index contributed by atoms with van der Waals surface area (Å²) in [5, 5.41) is 6.49. The van der Waals surface area contributed by atoms with Crippen LogP contribution < -0.4 is 10.5 Å². The maximum atomic E-state index is 11.7. The Hall–Kier alpha value is -1.81. The van der Waals surface area contributed by atoms with Crippen LogP contribution in [0.3, 0.4) is 0 Å². The van der Waals surface area contributed by atoms with Crippen LogP contribution in [0.1, 0.15) is 35.6 Å². The first kappa shape index (κ1) is 14.1. The van der Waals surface area contributed by atoms with Crippen molar-refractivity contribution in [3.05, 3.63) is 56.5 Å². The van der Waals surface area contributed by atoms with Crippen LogP contribution in [0.25, 0.3) is 0 Å². The Labute approximate surface area is 128 Å². The Morgan fingerprint density at radius 1 is 1.38 bits per heavy atom. The highest BCUT2D eigenvalue weighted by Crippen LogP contribution is 2.39. The van der Waals surface area contributed by atoms with E-state index in [-0.39, 0.29) is 16.6 Å². The Morgan fingerprint density at radius 2 is 2.19 bits per heavy atom. The van der Waals surface area contributed by atoms with E-state index < -0.39 is 0 Å². The zero-order valence-electron chi connectivity index (χ0n) is 12.2. The molecule has 0 bridgehead atoms. The number of aromatic amines is 1. The van der Waals surface area contributed by atoms with Gasteiger partial charge in [-0.25, -0.2) is 5.10 Å². The van der Waals surface area contributed by atoms with E-state index in [1.54, 1.807) is 6.20 Å². The van der Waals surface area contributed by atoms with Crippen LogP contribution in [0.5, 0.6) is 0 Å². The van der Waals surface area contributed by atoms with Crippen LogP contribution in [-0.4, -0.2) is 16.7 Å². The summed E-state index contributed by atoms with van der Waals surface area (Å²) in [6.07, 6.45) is 3.79. The lowest BCUT2D eigenvalue weighted by Gasteiger charge is -2.28. The molecule has 1 aliphatic rings. The number of hydrogen-bond donors (Lipinski definition) is 1. The second-order valence-electron chi connectivity index (χ2n) is 5.61. The molecule has 1 aliphatic heterocycles. The lowest BCUT2D eigenvalue weighted by Crippen LogP contribution is -2.26. The van der Waals surface area contributed by atoms with E-state index in [0.717, 1.165) is 25.1 Å². The van der Waals surface area contributed by atoms with Crippen molar-refractivity contribution in [3.63, 3.8) is 0 Å². The third kappa shape index (κ3) is 2.56. The van der Waals surface area contributed by atoms with E-state index in [1.807, 2.05) is 0 Å². The summed E-state index contributed by atoms with van der Waals surface area (Å²) in [6.45, 7) is 5.12. The number of hydrogen-bond acceptors (Lipinski definition) is 3. The second-order valence-corrected chi connectivity index (χ2v) is 5.99. The molecule has 4 nitrogen and oxygen atoms in total. The number of rotatable bonds is 2. The summed E-state index contributed by atoms with van der Waals surface area (Å²) in [5.41, 5.74) is 4.22. The first-order valence-electron chi connectivity index (χ1n) is 7.15. The normalized spacial score (nSPS) is 18.2. The number of aromatic nitrogens is 2. The molecule has 1 fully saturated rings. The van der Waals surface area contributed by atoms with Gasteiger partial charge in [0.25, 0.3) is 5.56 Å². The molecule has 2 aromatic rings. The molecule has 1 aromatic carbocycles. The second kappa shape index (κ2) is 5.53. The number of nitrogens with zero attached hydrogens (tertiary/aromatic N) is 2. The molecule has 0 amide bonds. The van der Waals surface area contributed by atoms with E-state index in [2.05, 4.69) is 47.1 Å². The molecule has 0 aliphatic carbocycles. The molecule has 0 spiro atoms. The van der Waals surface area contributed by atoms with Crippen molar-refractivity contribution < 1.29 is 0 Å². The number of anilines is 1. The molecular formula is C16H18ClN3O. The number of aryl methyl sites for hydroxylation is 2. The van der Waals surface area contributed by atoms with E-state index >= 15 is 0 Å². The van der Waals surface area contributed by atoms with Crippen molar-refractivity contribution in [1.29, 1.82) is 0 Å². The van der Waals surface area contributed by atoms with Crippen molar-refractivity contribution in [2.75, 3.05) is 11.4 Å². The fraction of sp³-hybridized carbons (Fsp3) is 0.375. The topological polar surface area (TPSA) is 49.0 Å². The number of halogens is 1. The molecule has 2 heterocycles. The lowest BCUT2D eigenvalue weighted by molar-refractivity contribution is 0.710. The van der Waals surface area contributed by atoms with Gasteiger partial charge in [-0.2, -0.15) is 5.10 Å². The minimum Gasteiger partial charge on any atom is -0.362 e. The predicted molar refractivity (Wildman–Crippen MR) is 85.1 cm³/mol. The van der Waals surface area contributed by atoms with E-state index in [0.29, 0.717) is 0 Å². The maximum Gasteiger partial charge on any atom is 0.285 e. The molecule has 1 atom stereocenters. The summed E-state index contributed by atoms with van der Waals surface area (Å²) < 4.78 is 0. The first-order valence-corrected chi connectivity index (χ1v) is 7.52. The van der Waals surface area contributed by atoms with Crippen LogP contribution in [-0.2, 0) is 0 Å². The summed E-state index contributed by atoms with van der Waals surface area (Å²) in [5.74, 6) is 0. The van der Waals surface area contributed by atoms with Gasteiger partial charge in [0, 0.05) is 6.54 Å². The van der Waals surface area contributed by atoms with Crippen molar-refractivity contribution in [2.24, 2.45) is 0 Å². The average molecular weight is 304 g/mol. The highest BCUT2D eigenvalue weighted by atomic mass is 35.5. The zero-order valence-corrected chi connectivity index (χ0v) is 12.9. The third-order valence-electron chi connectivity index (χ3n) is 4.13. The van der Waals surface area contributed by atoms with E-state index in [1.165, 1.54) is 16.7 Å². The van der Waals surface area contributed by atoms with Gasteiger partial charge in [0.05, 0.1) is 17.9 Å². The Kier molecular flexibility index (Phi) is 3.72. The quantitative estimate of drug-likeness (QED) is 0.925. The highest BCUT2D eigenvalue weighted by molar-refractivity contribution is 6.33. The van der Waals surface area contributed by atoms with Gasteiger partial charge in [-0.05, 0) is 37.8 Å². The Morgan fingerprint density at radius 3 is 3.00 bits per heavy atom. The molecule has 0 unspecified atom stereocenters. The molecular weight excluding hydrogens is 286 g/mol. The van der Waals surface area contributed by atoms with Gasteiger partial charge in [-0.15, -0.1) is 0 Å². The van der Waals surface area contributed by atoms with Crippen LogP contribution in [0.2, 0.25) is 5.02 Å². The highest BCUT2D eigenvalue weighted by Gasteiger charge is 2.29. The zero-order chi connectivity index (χ0) is 15.0. The van der Waals surface area contributed by atoms with Crippen LogP contribution >= 0.6 is 11.6 Å². The maximum absolute atomic E-state index is 11.7. The van der Waals surface area contributed by atoms with E-state index in [4.69, 9.17) is 11.6 Å². The lowest BCUT2D eigenvalue weighted by atomic mass is 9.97. The summed E-state index contributed by atoms with van der Waals surface area (Å²) in [6, 6.07) is 6.76. The van der Waals surface area contributed by atoms with Crippen molar-refractivity contribution in [3.8, 4) is 0 Å². The SMILES string of the molecule is Cc1ccc(C)c([C@H]2CCCN2c2cn[nH]c(=O)c2Cl)c1. The molecule has 0 saturated carbocycles. The van der Waals surface area contributed by atoms with Gasteiger partial charge in [0.2, 0.25) is 0 Å². The van der Waals surface area contributed by atoms with Gasteiger partial charge in [-0.1, -0.05) is 35.4 Å². The summed E-state index contributed by atoms with van der Waals surface area (Å²) >= 11 is 6.17. The smallest absolute Gasteiger partial charge is 0.285 e. The van der Waals surface area contributed by atoms with Crippen molar-refractivity contribution >= 4 is 17.3 Å². The molecule has 21 heavy (non-hydrogen) atoms. The van der Waals surface area contributed by atoms with Crippen LogP contribution in [0.15, 0.2) is 29.2 Å². The van der Waals surface area contributed by atoms with Gasteiger partial charge in [0.15, 0.2) is 0 Å². The van der Waals surface area contributed by atoms with Gasteiger partial charge in [0.1, 0.15) is 5.02 Å². The number of H-pyrrole nitrogens is 1.